The van der Waals surface area contributed by atoms with E-state index in [0.717, 1.165) is 12.8 Å². The van der Waals surface area contributed by atoms with Gasteiger partial charge in [0.1, 0.15) is 5.60 Å². The van der Waals surface area contributed by atoms with Crippen molar-refractivity contribution in [1.82, 2.24) is 0 Å². The Hall–Kier alpha value is -0.970. The summed E-state index contributed by atoms with van der Waals surface area (Å²) >= 11 is 0. The molecule has 13 heavy (non-hydrogen) atoms. The van der Waals surface area contributed by atoms with Crippen molar-refractivity contribution in [2.45, 2.75) is 39.2 Å². The second-order valence-electron chi connectivity index (χ2n) is 4.57. The lowest BCUT2D eigenvalue weighted by molar-refractivity contribution is -0.164. The zero-order valence-electron chi connectivity index (χ0n) is 8.46. The molecular formula is C11H16O2. The third-order valence-electron chi connectivity index (χ3n) is 2.11. The molecule has 1 rings (SSSR count). The van der Waals surface area contributed by atoms with Crippen LogP contribution in [0.3, 0.4) is 0 Å². The van der Waals surface area contributed by atoms with Gasteiger partial charge in [-0.3, -0.25) is 4.79 Å². The Balaban J connectivity index is 2.33. The van der Waals surface area contributed by atoms with Crippen molar-refractivity contribution in [3.8, 4) is 12.3 Å². The number of hydrogen-bond donors (Lipinski definition) is 0. The molecule has 0 bridgehead atoms. The predicted octanol–water partition coefficient (Wildman–Crippen LogP) is 1.99. The Labute approximate surface area is 79.7 Å². The van der Waals surface area contributed by atoms with E-state index in [-0.39, 0.29) is 23.4 Å². The topological polar surface area (TPSA) is 26.3 Å². The van der Waals surface area contributed by atoms with Crippen LogP contribution >= 0.6 is 0 Å². The van der Waals surface area contributed by atoms with Crippen molar-refractivity contribution in [3.63, 3.8) is 0 Å². The predicted molar refractivity (Wildman–Crippen MR) is 50.9 cm³/mol. The van der Waals surface area contributed by atoms with E-state index in [1.807, 2.05) is 20.8 Å². The maximum absolute atomic E-state index is 11.4. The molecule has 0 atom stereocenters. The van der Waals surface area contributed by atoms with Crippen molar-refractivity contribution >= 4 is 5.97 Å². The number of terminal acetylenes is 1. The van der Waals surface area contributed by atoms with Gasteiger partial charge in [0, 0.05) is 5.92 Å². The van der Waals surface area contributed by atoms with Gasteiger partial charge in [0.2, 0.25) is 0 Å². The SMILES string of the molecule is C#C[C@H]1C[C@@H](C(=O)OC(C)(C)C)C1. The maximum atomic E-state index is 11.4. The Morgan fingerprint density at radius 3 is 2.38 bits per heavy atom. The van der Waals surface area contributed by atoms with E-state index in [9.17, 15) is 4.79 Å². The van der Waals surface area contributed by atoms with Crippen LogP contribution in [-0.4, -0.2) is 11.6 Å². The van der Waals surface area contributed by atoms with Crippen LogP contribution in [0.5, 0.6) is 0 Å². The van der Waals surface area contributed by atoms with E-state index < -0.39 is 0 Å². The molecule has 0 unspecified atom stereocenters. The highest BCUT2D eigenvalue weighted by Gasteiger charge is 2.36. The Morgan fingerprint density at radius 1 is 1.46 bits per heavy atom. The largest absolute Gasteiger partial charge is 0.460 e. The number of rotatable bonds is 1. The molecule has 0 aromatic rings. The second kappa shape index (κ2) is 3.41. The molecule has 0 radical (unpaired) electrons. The van der Waals surface area contributed by atoms with Gasteiger partial charge in [0.25, 0.3) is 0 Å². The maximum Gasteiger partial charge on any atom is 0.309 e. The molecule has 2 nitrogen and oxygen atoms in total. The molecule has 0 amide bonds. The number of esters is 1. The van der Waals surface area contributed by atoms with Gasteiger partial charge in [-0.05, 0) is 33.6 Å². The zero-order chi connectivity index (χ0) is 10.1. The summed E-state index contributed by atoms with van der Waals surface area (Å²) in [5, 5.41) is 0. The molecule has 0 aromatic heterocycles. The molecule has 0 aromatic carbocycles. The van der Waals surface area contributed by atoms with Crippen molar-refractivity contribution in [3.05, 3.63) is 0 Å². The molecule has 0 aliphatic heterocycles. The third-order valence-corrected chi connectivity index (χ3v) is 2.11. The summed E-state index contributed by atoms with van der Waals surface area (Å²) in [7, 11) is 0. The molecule has 2 heteroatoms. The minimum Gasteiger partial charge on any atom is -0.460 e. The Bertz CT molecular complexity index is 236. The summed E-state index contributed by atoms with van der Waals surface area (Å²) in [4.78, 5) is 11.4. The average molecular weight is 180 g/mol. The molecule has 1 aliphatic rings. The summed E-state index contributed by atoms with van der Waals surface area (Å²) in [5.74, 6) is 2.87. The number of carbonyl (C=O) groups is 1. The van der Waals surface area contributed by atoms with Crippen LogP contribution in [0.25, 0.3) is 0 Å². The van der Waals surface area contributed by atoms with Crippen LogP contribution in [0.1, 0.15) is 33.6 Å². The van der Waals surface area contributed by atoms with Gasteiger partial charge >= 0.3 is 5.97 Å². The summed E-state index contributed by atoms with van der Waals surface area (Å²) in [6.07, 6.45) is 6.82. The zero-order valence-corrected chi connectivity index (χ0v) is 8.46. The summed E-state index contributed by atoms with van der Waals surface area (Å²) in [5.41, 5.74) is -0.377. The van der Waals surface area contributed by atoms with E-state index in [0.29, 0.717) is 0 Å². The fourth-order valence-corrected chi connectivity index (χ4v) is 1.33. The summed E-state index contributed by atoms with van der Waals surface area (Å²) in [6.45, 7) is 5.63. The second-order valence-corrected chi connectivity index (χ2v) is 4.57. The lowest BCUT2D eigenvalue weighted by Gasteiger charge is -2.32. The van der Waals surface area contributed by atoms with Crippen LogP contribution in [0, 0.1) is 24.2 Å². The minimum absolute atomic E-state index is 0.0419. The molecule has 1 aliphatic carbocycles. The quantitative estimate of drug-likeness (QED) is 0.455. The van der Waals surface area contributed by atoms with Gasteiger partial charge in [-0.1, -0.05) is 0 Å². The Morgan fingerprint density at radius 2 is 2.00 bits per heavy atom. The van der Waals surface area contributed by atoms with E-state index >= 15 is 0 Å². The van der Waals surface area contributed by atoms with E-state index in [1.165, 1.54) is 0 Å². The van der Waals surface area contributed by atoms with E-state index in [2.05, 4.69) is 5.92 Å². The fraction of sp³-hybridized carbons (Fsp3) is 0.727. The first-order chi connectivity index (χ1) is 5.92. The standard InChI is InChI=1S/C11H16O2/c1-5-8-6-9(7-8)10(12)13-11(2,3)4/h1,8-9H,6-7H2,2-4H3/t8-,9+. The highest BCUT2D eigenvalue weighted by atomic mass is 16.6. The normalized spacial score (nSPS) is 27.2. The monoisotopic (exact) mass is 180 g/mol. The van der Waals surface area contributed by atoms with Crippen molar-refractivity contribution in [2.24, 2.45) is 11.8 Å². The van der Waals surface area contributed by atoms with E-state index in [4.69, 9.17) is 11.2 Å². The van der Waals surface area contributed by atoms with Gasteiger partial charge in [0.05, 0.1) is 5.92 Å². The first-order valence-electron chi connectivity index (χ1n) is 4.61. The van der Waals surface area contributed by atoms with Crippen molar-refractivity contribution in [1.29, 1.82) is 0 Å². The number of ether oxygens (including phenoxy) is 1. The summed E-state index contributed by atoms with van der Waals surface area (Å²) < 4.78 is 5.23. The van der Waals surface area contributed by atoms with Crippen LogP contribution in [0.15, 0.2) is 0 Å². The molecule has 0 heterocycles. The highest BCUT2D eigenvalue weighted by Crippen LogP contribution is 2.34. The Kier molecular flexibility index (Phi) is 2.66. The van der Waals surface area contributed by atoms with Gasteiger partial charge in [0.15, 0.2) is 0 Å². The lowest BCUT2D eigenvalue weighted by Crippen LogP contribution is -2.35. The average Bonchev–Trinajstić information content (AvgIpc) is 1.79. The molecule has 1 fully saturated rings. The van der Waals surface area contributed by atoms with Crippen LogP contribution < -0.4 is 0 Å². The molecule has 1 saturated carbocycles. The van der Waals surface area contributed by atoms with Crippen LogP contribution in [0.4, 0.5) is 0 Å². The van der Waals surface area contributed by atoms with Gasteiger partial charge in [-0.25, -0.2) is 0 Å². The summed E-state index contributed by atoms with van der Waals surface area (Å²) in [6, 6.07) is 0. The highest BCUT2D eigenvalue weighted by molar-refractivity contribution is 5.74. The molecule has 0 spiro atoms. The van der Waals surface area contributed by atoms with Crippen LogP contribution in [0.2, 0.25) is 0 Å². The number of hydrogen-bond acceptors (Lipinski definition) is 2. The molecular weight excluding hydrogens is 164 g/mol. The fourth-order valence-electron chi connectivity index (χ4n) is 1.33. The third kappa shape index (κ3) is 2.77. The molecule has 72 valence electrons. The molecule has 0 saturated heterocycles. The molecule has 0 N–H and O–H groups in total. The number of carbonyl (C=O) groups excluding carboxylic acids is 1. The van der Waals surface area contributed by atoms with Crippen LogP contribution in [-0.2, 0) is 9.53 Å². The van der Waals surface area contributed by atoms with Crippen molar-refractivity contribution < 1.29 is 9.53 Å². The smallest absolute Gasteiger partial charge is 0.309 e. The first kappa shape index (κ1) is 10.1. The lowest BCUT2D eigenvalue weighted by atomic mass is 9.75. The first-order valence-corrected chi connectivity index (χ1v) is 4.61. The van der Waals surface area contributed by atoms with E-state index in [1.54, 1.807) is 0 Å². The van der Waals surface area contributed by atoms with Crippen molar-refractivity contribution in [2.75, 3.05) is 0 Å². The van der Waals surface area contributed by atoms with Gasteiger partial charge in [-0.15, -0.1) is 12.3 Å². The van der Waals surface area contributed by atoms with Gasteiger partial charge < -0.3 is 4.74 Å². The van der Waals surface area contributed by atoms with Gasteiger partial charge in [-0.2, -0.15) is 0 Å². The minimum atomic E-state index is -0.377.